The molecule has 0 spiro atoms. The first-order chi connectivity index (χ1) is 9.85. The zero-order chi connectivity index (χ0) is 15.5. The van der Waals surface area contributed by atoms with E-state index in [0.717, 1.165) is 25.1 Å². The second kappa shape index (κ2) is 6.52. The van der Waals surface area contributed by atoms with Crippen LogP contribution in [0.2, 0.25) is 0 Å². The van der Waals surface area contributed by atoms with Crippen molar-refractivity contribution in [1.29, 1.82) is 0 Å². The van der Waals surface area contributed by atoms with Crippen molar-refractivity contribution in [3.05, 3.63) is 24.2 Å². The predicted molar refractivity (Wildman–Crippen MR) is 81.1 cm³/mol. The number of piperidine rings is 1. The van der Waals surface area contributed by atoms with Crippen LogP contribution in [0.15, 0.2) is 22.8 Å². The van der Waals surface area contributed by atoms with Crippen molar-refractivity contribution in [2.45, 2.75) is 58.2 Å². The molecule has 1 amide bonds. The van der Waals surface area contributed by atoms with Gasteiger partial charge in [0.15, 0.2) is 0 Å². The van der Waals surface area contributed by atoms with Crippen LogP contribution in [0, 0.1) is 0 Å². The summed E-state index contributed by atoms with van der Waals surface area (Å²) in [5.41, 5.74) is -0.446. The van der Waals surface area contributed by atoms with Crippen molar-refractivity contribution < 1.29 is 13.9 Å². The van der Waals surface area contributed by atoms with E-state index in [1.165, 1.54) is 0 Å². The molecule has 0 bridgehead atoms. The average molecular weight is 294 g/mol. The second-order valence-electron chi connectivity index (χ2n) is 6.67. The molecule has 1 aliphatic rings. The van der Waals surface area contributed by atoms with Gasteiger partial charge in [0.05, 0.1) is 12.3 Å². The van der Waals surface area contributed by atoms with E-state index < -0.39 is 5.60 Å². The van der Waals surface area contributed by atoms with Crippen LogP contribution in [-0.2, 0) is 4.74 Å². The minimum atomic E-state index is -0.446. The van der Waals surface area contributed by atoms with E-state index in [2.05, 4.69) is 12.2 Å². The predicted octanol–water partition coefficient (Wildman–Crippen LogP) is 3.33. The molecule has 0 aliphatic carbocycles. The number of hydrogen-bond acceptors (Lipinski definition) is 4. The largest absolute Gasteiger partial charge is 0.468 e. The Labute approximate surface area is 126 Å². The molecule has 1 saturated heterocycles. The van der Waals surface area contributed by atoms with Gasteiger partial charge in [-0.15, -0.1) is 0 Å². The Kier molecular flexibility index (Phi) is 4.93. The molecule has 2 atom stereocenters. The summed E-state index contributed by atoms with van der Waals surface area (Å²) in [4.78, 5) is 13.9. The van der Waals surface area contributed by atoms with Gasteiger partial charge in [0.2, 0.25) is 0 Å². The van der Waals surface area contributed by atoms with Crippen LogP contribution in [0.4, 0.5) is 4.79 Å². The van der Waals surface area contributed by atoms with Gasteiger partial charge in [0.1, 0.15) is 11.4 Å². The molecule has 5 nitrogen and oxygen atoms in total. The maximum Gasteiger partial charge on any atom is 0.410 e. The van der Waals surface area contributed by atoms with E-state index >= 15 is 0 Å². The number of amides is 1. The molecule has 1 N–H and O–H groups in total. The molecule has 1 aromatic rings. The third kappa shape index (κ3) is 4.77. The summed E-state index contributed by atoms with van der Waals surface area (Å²) in [5.74, 6) is 0.921. The van der Waals surface area contributed by atoms with E-state index in [-0.39, 0.29) is 18.2 Å². The number of nitrogens with zero attached hydrogens (tertiary/aromatic N) is 1. The van der Waals surface area contributed by atoms with Crippen molar-refractivity contribution in [2.75, 3.05) is 13.1 Å². The van der Waals surface area contributed by atoms with Gasteiger partial charge < -0.3 is 19.4 Å². The highest BCUT2D eigenvalue weighted by Gasteiger charge is 2.28. The number of nitrogens with one attached hydrogen (secondary N) is 1. The molecular formula is C16H26N2O3. The maximum atomic E-state index is 12.1. The monoisotopic (exact) mass is 294 g/mol. The molecule has 1 fully saturated rings. The fourth-order valence-electron chi connectivity index (χ4n) is 2.58. The van der Waals surface area contributed by atoms with Crippen molar-refractivity contribution in [1.82, 2.24) is 10.2 Å². The zero-order valence-corrected chi connectivity index (χ0v) is 13.4. The lowest BCUT2D eigenvalue weighted by atomic mass is 10.0. The molecule has 2 heterocycles. The van der Waals surface area contributed by atoms with Gasteiger partial charge in [-0.3, -0.25) is 0 Å². The normalized spacial score (nSPS) is 21.1. The second-order valence-corrected chi connectivity index (χ2v) is 6.67. The number of rotatable bonds is 3. The Morgan fingerprint density at radius 3 is 2.90 bits per heavy atom. The smallest absolute Gasteiger partial charge is 0.410 e. The fourth-order valence-corrected chi connectivity index (χ4v) is 2.58. The highest BCUT2D eigenvalue weighted by Crippen LogP contribution is 2.19. The standard InChI is InChI=1S/C16H26N2O3/c1-12(14-8-6-10-20-14)17-13-7-5-9-18(11-13)15(19)21-16(2,3)4/h6,8,10,12-13,17H,5,7,9,11H2,1-4H3/t12?,13-/m0/s1. The van der Waals surface area contributed by atoms with E-state index in [1.54, 1.807) is 11.2 Å². The SMILES string of the molecule is CC(N[C@H]1CCCN(C(=O)OC(C)(C)C)C1)c1ccco1. The minimum absolute atomic E-state index is 0.142. The van der Waals surface area contributed by atoms with E-state index in [1.807, 2.05) is 32.9 Å². The summed E-state index contributed by atoms with van der Waals surface area (Å²) >= 11 is 0. The van der Waals surface area contributed by atoms with Crippen LogP contribution in [-0.4, -0.2) is 35.7 Å². The van der Waals surface area contributed by atoms with Crippen LogP contribution in [0.25, 0.3) is 0 Å². The van der Waals surface area contributed by atoms with Crippen molar-refractivity contribution in [3.8, 4) is 0 Å². The van der Waals surface area contributed by atoms with Crippen molar-refractivity contribution >= 4 is 6.09 Å². The molecule has 0 aromatic carbocycles. The Morgan fingerprint density at radius 1 is 1.52 bits per heavy atom. The summed E-state index contributed by atoms with van der Waals surface area (Å²) in [6.07, 6.45) is 3.51. The third-order valence-corrected chi connectivity index (χ3v) is 3.53. The fraction of sp³-hybridized carbons (Fsp3) is 0.688. The Bertz CT molecular complexity index is 451. The van der Waals surface area contributed by atoms with Gasteiger partial charge in [-0.25, -0.2) is 4.79 Å². The number of furan rings is 1. The molecule has 1 unspecified atom stereocenters. The maximum absolute atomic E-state index is 12.1. The lowest BCUT2D eigenvalue weighted by Gasteiger charge is -2.35. The summed E-state index contributed by atoms with van der Waals surface area (Å²) < 4.78 is 10.9. The van der Waals surface area contributed by atoms with Gasteiger partial charge >= 0.3 is 6.09 Å². The molecule has 21 heavy (non-hydrogen) atoms. The average Bonchev–Trinajstić information content (AvgIpc) is 2.91. The Balaban J connectivity index is 1.87. The van der Waals surface area contributed by atoms with Gasteiger partial charge in [-0.1, -0.05) is 0 Å². The van der Waals surface area contributed by atoms with Crippen molar-refractivity contribution in [3.63, 3.8) is 0 Å². The number of likely N-dealkylation sites (tertiary alicyclic amines) is 1. The Hall–Kier alpha value is -1.49. The number of hydrogen-bond donors (Lipinski definition) is 1. The molecule has 1 aliphatic heterocycles. The molecule has 1 aromatic heterocycles. The summed E-state index contributed by atoms with van der Waals surface area (Å²) in [7, 11) is 0. The van der Waals surface area contributed by atoms with E-state index in [9.17, 15) is 4.79 Å². The molecule has 118 valence electrons. The van der Waals surface area contributed by atoms with Crippen LogP contribution in [0.3, 0.4) is 0 Å². The van der Waals surface area contributed by atoms with Gasteiger partial charge in [-0.05, 0) is 52.7 Å². The molecule has 5 heteroatoms. The van der Waals surface area contributed by atoms with Gasteiger partial charge in [-0.2, -0.15) is 0 Å². The molecule has 2 rings (SSSR count). The van der Waals surface area contributed by atoms with Crippen LogP contribution in [0.5, 0.6) is 0 Å². The zero-order valence-electron chi connectivity index (χ0n) is 13.4. The lowest BCUT2D eigenvalue weighted by molar-refractivity contribution is 0.0183. The highest BCUT2D eigenvalue weighted by atomic mass is 16.6. The highest BCUT2D eigenvalue weighted by molar-refractivity contribution is 5.68. The van der Waals surface area contributed by atoms with E-state index in [4.69, 9.17) is 9.15 Å². The first-order valence-electron chi connectivity index (χ1n) is 7.62. The van der Waals surface area contributed by atoms with Crippen LogP contribution >= 0.6 is 0 Å². The quantitative estimate of drug-likeness (QED) is 0.929. The lowest BCUT2D eigenvalue weighted by Crippen LogP contribution is -2.49. The van der Waals surface area contributed by atoms with Crippen molar-refractivity contribution in [2.24, 2.45) is 0 Å². The first-order valence-corrected chi connectivity index (χ1v) is 7.62. The number of carbonyl (C=O) groups is 1. The first kappa shape index (κ1) is 15.9. The van der Waals surface area contributed by atoms with E-state index in [0.29, 0.717) is 6.54 Å². The van der Waals surface area contributed by atoms with Gasteiger partial charge in [0.25, 0.3) is 0 Å². The molecule has 0 saturated carbocycles. The molecular weight excluding hydrogens is 268 g/mol. The summed E-state index contributed by atoms with van der Waals surface area (Å²) in [5, 5.41) is 3.53. The molecule has 0 radical (unpaired) electrons. The van der Waals surface area contributed by atoms with Crippen LogP contribution < -0.4 is 5.32 Å². The van der Waals surface area contributed by atoms with Gasteiger partial charge in [0, 0.05) is 19.1 Å². The Morgan fingerprint density at radius 2 is 2.29 bits per heavy atom. The minimum Gasteiger partial charge on any atom is -0.468 e. The third-order valence-electron chi connectivity index (χ3n) is 3.53. The number of ether oxygens (including phenoxy) is 1. The summed E-state index contributed by atoms with van der Waals surface area (Å²) in [6.45, 7) is 9.20. The number of carbonyl (C=O) groups excluding carboxylic acids is 1. The van der Waals surface area contributed by atoms with Crippen LogP contribution in [0.1, 0.15) is 52.3 Å². The topological polar surface area (TPSA) is 54.7 Å². The summed E-state index contributed by atoms with van der Waals surface area (Å²) in [6, 6.07) is 4.27.